The van der Waals surface area contributed by atoms with Gasteiger partial charge in [0.25, 0.3) is 0 Å². The highest BCUT2D eigenvalue weighted by molar-refractivity contribution is 7.17. The number of ether oxygens (including phenoxy) is 1. The highest BCUT2D eigenvalue weighted by Gasteiger charge is 2.19. The van der Waals surface area contributed by atoms with Crippen LogP contribution in [0.4, 0.5) is 4.39 Å². The fourth-order valence-electron chi connectivity index (χ4n) is 2.68. The van der Waals surface area contributed by atoms with Gasteiger partial charge in [0.1, 0.15) is 15.6 Å². The summed E-state index contributed by atoms with van der Waals surface area (Å²) in [6.07, 6.45) is 0. The number of carbonyl (C=O) groups is 1. The van der Waals surface area contributed by atoms with Crippen molar-refractivity contribution >= 4 is 17.3 Å². The van der Waals surface area contributed by atoms with Crippen LogP contribution in [0.1, 0.15) is 15.4 Å². The Morgan fingerprint density at radius 2 is 2.00 bits per heavy atom. The van der Waals surface area contributed by atoms with Gasteiger partial charge in [0.05, 0.1) is 18.3 Å². The van der Waals surface area contributed by atoms with Crippen molar-refractivity contribution in [1.82, 2.24) is 25.2 Å². The summed E-state index contributed by atoms with van der Waals surface area (Å²) in [5.41, 5.74) is 1.57. The zero-order chi connectivity index (χ0) is 20.5. The zero-order valence-electron chi connectivity index (χ0n) is 15.3. The molecule has 10 heteroatoms. The first kappa shape index (κ1) is 18.7. The van der Waals surface area contributed by atoms with Crippen LogP contribution in [0.15, 0.2) is 42.5 Å². The number of para-hydroxylation sites is 1. The maximum Gasteiger partial charge on any atom is 0.347 e. The Labute approximate surface area is 168 Å². The molecule has 0 aliphatic carbocycles. The number of aryl methyl sites for hydroxylation is 2. The number of nitrogens with zero attached hydrogens (tertiary/aromatic N) is 5. The summed E-state index contributed by atoms with van der Waals surface area (Å²) in [4.78, 5) is 17.1. The molecule has 4 rings (SSSR count). The van der Waals surface area contributed by atoms with Crippen molar-refractivity contribution in [2.75, 3.05) is 0 Å². The van der Waals surface area contributed by atoms with Gasteiger partial charge in [-0.1, -0.05) is 12.1 Å². The maximum absolute atomic E-state index is 14.0. The lowest BCUT2D eigenvalue weighted by Gasteiger charge is -2.11. The number of carboxylic acids is 1. The van der Waals surface area contributed by atoms with Crippen molar-refractivity contribution < 1.29 is 19.0 Å². The van der Waals surface area contributed by atoms with Gasteiger partial charge in [0.15, 0.2) is 11.6 Å². The van der Waals surface area contributed by atoms with Crippen LogP contribution in [0.2, 0.25) is 0 Å². The molecule has 8 nitrogen and oxygen atoms in total. The molecule has 29 heavy (non-hydrogen) atoms. The third kappa shape index (κ3) is 3.69. The molecule has 146 valence electrons. The quantitative estimate of drug-likeness (QED) is 0.530. The number of hydrogen-bond donors (Lipinski definition) is 1. The number of aromatic carboxylic acids is 1. The first-order valence-corrected chi connectivity index (χ1v) is 9.26. The number of benzene rings is 2. The van der Waals surface area contributed by atoms with Crippen molar-refractivity contribution in [3.05, 3.63) is 58.9 Å². The van der Waals surface area contributed by atoms with Crippen LogP contribution in [0.5, 0.6) is 11.5 Å². The van der Waals surface area contributed by atoms with Crippen LogP contribution in [-0.4, -0.2) is 36.3 Å². The van der Waals surface area contributed by atoms with E-state index in [-0.39, 0.29) is 16.5 Å². The summed E-state index contributed by atoms with van der Waals surface area (Å²) in [5.74, 6) is -0.854. The van der Waals surface area contributed by atoms with E-state index in [1.807, 2.05) is 0 Å². The number of aromatic nitrogens is 5. The predicted octanol–water partition coefficient (Wildman–Crippen LogP) is 3.94. The molecular weight excluding hydrogens is 397 g/mol. The highest BCUT2D eigenvalue weighted by Crippen LogP contribution is 2.37. The van der Waals surface area contributed by atoms with Gasteiger partial charge in [-0.05, 0) is 42.5 Å². The van der Waals surface area contributed by atoms with E-state index in [9.17, 15) is 14.3 Å². The molecular formula is C19H14FN5O3S. The Kier molecular flexibility index (Phi) is 4.77. The van der Waals surface area contributed by atoms with Gasteiger partial charge >= 0.3 is 5.97 Å². The molecule has 0 saturated carbocycles. The summed E-state index contributed by atoms with van der Waals surface area (Å²) in [6, 6.07) is 11.1. The SMILES string of the molecule is Cc1nc(-c2ccc(Oc3ccccc3F)c(-c3nnn(C)n3)c2)sc1C(=O)O. The average Bonchev–Trinajstić information content (AvgIpc) is 3.30. The molecule has 0 spiro atoms. The van der Waals surface area contributed by atoms with E-state index in [1.54, 1.807) is 44.3 Å². The minimum atomic E-state index is -1.03. The fraction of sp³-hybridized carbons (Fsp3) is 0.105. The van der Waals surface area contributed by atoms with Gasteiger partial charge in [0.2, 0.25) is 5.82 Å². The molecule has 0 aliphatic rings. The molecule has 0 amide bonds. The molecule has 0 atom stereocenters. The van der Waals surface area contributed by atoms with Crippen LogP contribution >= 0.6 is 11.3 Å². The van der Waals surface area contributed by atoms with E-state index in [0.29, 0.717) is 27.6 Å². The van der Waals surface area contributed by atoms with E-state index >= 15 is 0 Å². The Balaban J connectivity index is 1.81. The zero-order valence-corrected chi connectivity index (χ0v) is 16.1. The number of carboxylic acid groups (broad SMARTS) is 1. The van der Waals surface area contributed by atoms with Crippen molar-refractivity contribution in [3.63, 3.8) is 0 Å². The Morgan fingerprint density at radius 1 is 1.21 bits per heavy atom. The van der Waals surface area contributed by atoms with Gasteiger partial charge in [-0.15, -0.1) is 21.5 Å². The molecule has 0 saturated heterocycles. The average molecular weight is 411 g/mol. The molecule has 2 aromatic heterocycles. The van der Waals surface area contributed by atoms with E-state index in [1.165, 1.54) is 16.9 Å². The number of hydrogen-bond acceptors (Lipinski definition) is 7. The minimum Gasteiger partial charge on any atom is -0.477 e. The Bertz CT molecular complexity index is 1220. The molecule has 0 radical (unpaired) electrons. The van der Waals surface area contributed by atoms with Crippen LogP contribution in [0.3, 0.4) is 0 Å². The largest absolute Gasteiger partial charge is 0.477 e. The van der Waals surface area contributed by atoms with Crippen molar-refractivity contribution in [1.29, 1.82) is 0 Å². The molecule has 2 heterocycles. The van der Waals surface area contributed by atoms with Crippen LogP contribution in [0, 0.1) is 12.7 Å². The molecule has 1 N–H and O–H groups in total. The van der Waals surface area contributed by atoms with E-state index in [0.717, 1.165) is 11.3 Å². The summed E-state index contributed by atoms with van der Waals surface area (Å²) >= 11 is 1.07. The minimum absolute atomic E-state index is 0.0589. The van der Waals surface area contributed by atoms with Gasteiger partial charge in [-0.3, -0.25) is 0 Å². The molecule has 4 aromatic rings. The van der Waals surface area contributed by atoms with Crippen molar-refractivity contribution in [2.45, 2.75) is 6.92 Å². The van der Waals surface area contributed by atoms with Crippen LogP contribution in [-0.2, 0) is 7.05 Å². The molecule has 0 bridgehead atoms. The summed E-state index contributed by atoms with van der Waals surface area (Å²) in [7, 11) is 1.63. The summed E-state index contributed by atoms with van der Waals surface area (Å²) in [5, 5.41) is 21.9. The third-order valence-corrected chi connectivity index (χ3v) is 5.22. The molecule has 0 aliphatic heterocycles. The van der Waals surface area contributed by atoms with Crippen LogP contribution in [0.25, 0.3) is 22.0 Å². The maximum atomic E-state index is 14.0. The van der Waals surface area contributed by atoms with Crippen LogP contribution < -0.4 is 4.74 Å². The Morgan fingerprint density at radius 3 is 2.66 bits per heavy atom. The number of rotatable bonds is 5. The van der Waals surface area contributed by atoms with Gasteiger partial charge in [0, 0.05) is 5.56 Å². The predicted molar refractivity (Wildman–Crippen MR) is 104 cm³/mol. The number of thiazole rings is 1. The fourth-order valence-corrected chi connectivity index (χ4v) is 3.58. The van der Waals surface area contributed by atoms with E-state index < -0.39 is 11.8 Å². The normalized spacial score (nSPS) is 10.9. The smallest absolute Gasteiger partial charge is 0.347 e. The highest BCUT2D eigenvalue weighted by atomic mass is 32.1. The third-order valence-electron chi connectivity index (χ3n) is 4.02. The van der Waals surface area contributed by atoms with Gasteiger partial charge < -0.3 is 9.84 Å². The first-order valence-electron chi connectivity index (χ1n) is 8.44. The lowest BCUT2D eigenvalue weighted by atomic mass is 10.1. The molecule has 2 aromatic carbocycles. The van der Waals surface area contributed by atoms with Gasteiger partial charge in [-0.25, -0.2) is 14.2 Å². The number of halogens is 1. The standard InChI is InChI=1S/C19H14FN5O3S/c1-10-16(19(26)27)29-18(21-10)11-7-8-14(28-15-6-4-3-5-13(15)20)12(9-11)17-22-24-25(2)23-17/h3-9H,1-2H3,(H,26,27). The topological polar surface area (TPSA) is 103 Å². The molecule has 0 fully saturated rings. The second-order valence-electron chi connectivity index (χ2n) is 6.08. The second-order valence-corrected chi connectivity index (χ2v) is 7.08. The second kappa shape index (κ2) is 7.40. The lowest BCUT2D eigenvalue weighted by Crippen LogP contribution is -1.94. The molecule has 0 unspecified atom stereocenters. The van der Waals surface area contributed by atoms with Gasteiger partial charge in [-0.2, -0.15) is 4.80 Å². The van der Waals surface area contributed by atoms with Crippen molar-refractivity contribution in [3.8, 4) is 33.5 Å². The summed E-state index contributed by atoms with van der Waals surface area (Å²) in [6.45, 7) is 1.64. The Hall–Kier alpha value is -3.66. The monoisotopic (exact) mass is 411 g/mol. The first-order chi connectivity index (χ1) is 13.9. The number of tetrazole rings is 1. The lowest BCUT2D eigenvalue weighted by molar-refractivity contribution is 0.0701. The van der Waals surface area contributed by atoms with E-state index in [4.69, 9.17) is 4.74 Å². The summed E-state index contributed by atoms with van der Waals surface area (Å²) < 4.78 is 19.8. The van der Waals surface area contributed by atoms with E-state index in [2.05, 4.69) is 20.4 Å². The van der Waals surface area contributed by atoms with Crippen molar-refractivity contribution in [2.24, 2.45) is 7.05 Å².